The third-order valence-electron chi connectivity index (χ3n) is 4.71. The highest BCUT2D eigenvalue weighted by molar-refractivity contribution is 7.89. The first-order valence-electron chi connectivity index (χ1n) is 9.92. The lowest BCUT2D eigenvalue weighted by atomic mass is 9.97. The second-order valence-corrected chi connectivity index (χ2v) is 10.9. The molecule has 0 saturated carbocycles. The predicted molar refractivity (Wildman–Crippen MR) is 111 cm³/mol. The molecule has 1 aromatic carbocycles. The summed E-state index contributed by atoms with van der Waals surface area (Å²) in [6.07, 6.45) is 0.339. The molecule has 8 heteroatoms. The topological polar surface area (TPSA) is 84.0 Å². The molecule has 7 nitrogen and oxygen atoms in total. The van der Waals surface area contributed by atoms with Crippen LogP contribution in [0.4, 0.5) is 4.79 Å². The van der Waals surface area contributed by atoms with Crippen LogP contribution in [0.3, 0.4) is 0 Å². The Balaban J connectivity index is 2.21. The van der Waals surface area contributed by atoms with Gasteiger partial charge in [-0.25, -0.2) is 13.2 Å². The molecule has 1 aliphatic heterocycles. The van der Waals surface area contributed by atoms with Crippen LogP contribution in [0.25, 0.3) is 0 Å². The van der Waals surface area contributed by atoms with Gasteiger partial charge in [0.25, 0.3) is 0 Å². The summed E-state index contributed by atoms with van der Waals surface area (Å²) in [5, 5.41) is 0. The van der Waals surface area contributed by atoms with E-state index in [0.29, 0.717) is 6.54 Å². The average Bonchev–Trinajstić information content (AvgIpc) is 3.03. The van der Waals surface area contributed by atoms with Crippen LogP contribution >= 0.6 is 0 Å². The van der Waals surface area contributed by atoms with Crippen LogP contribution in [-0.4, -0.2) is 61.8 Å². The van der Waals surface area contributed by atoms with E-state index in [1.54, 1.807) is 51.1 Å². The van der Waals surface area contributed by atoms with Gasteiger partial charge < -0.3 is 14.4 Å². The Morgan fingerprint density at radius 1 is 1.24 bits per heavy atom. The van der Waals surface area contributed by atoms with Crippen molar-refractivity contribution < 1.29 is 22.7 Å². The number of carbonyl (C=O) groups is 2. The summed E-state index contributed by atoms with van der Waals surface area (Å²) in [6.45, 7) is 10.3. The maximum atomic E-state index is 13.2. The molecule has 1 heterocycles. The second-order valence-electron chi connectivity index (χ2n) is 8.97. The maximum Gasteiger partial charge on any atom is 0.410 e. The van der Waals surface area contributed by atoms with Crippen molar-refractivity contribution in [1.82, 2.24) is 9.21 Å². The van der Waals surface area contributed by atoms with Crippen LogP contribution in [0.15, 0.2) is 35.2 Å². The zero-order chi connectivity index (χ0) is 21.8. The number of nitrogens with zero attached hydrogens (tertiary/aromatic N) is 2. The van der Waals surface area contributed by atoms with Crippen molar-refractivity contribution in [2.24, 2.45) is 17.8 Å². The van der Waals surface area contributed by atoms with Crippen LogP contribution < -0.4 is 0 Å². The number of amides is 1. The largest absolute Gasteiger partial charge is 0.444 e. The highest BCUT2D eigenvalue weighted by atomic mass is 32.2. The molecule has 0 spiro atoms. The minimum Gasteiger partial charge on any atom is -0.444 e. The van der Waals surface area contributed by atoms with Crippen molar-refractivity contribution in [1.29, 1.82) is 0 Å². The molecule has 1 saturated heterocycles. The number of likely N-dealkylation sites (tertiary alicyclic amines) is 1. The van der Waals surface area contributed by atoms with Gasteiger partial charge in [0.15, 0.2) is 0 Å². The Bertz CT molecular complexity index is 802. The van der Waals surface area contributed by atoms with E-state index in [4.69, 9.17) is 4.74 Å². The van der Waals surface area contributed by atoms with Gasteiger partial charge in [-0.05, 0) is 38.8 Å². The Hall–Kier alpha value is -1.93. The van der Waals surface area contributed by atoms with Crippen molar-refractivity contribution in [2.45, 2.75) is 45.1 Å². The molecule has 1 fully saturated rings. The molecule has 2 atom stereocenters. The van der Waals surface area contributed by atoms with Gasteiger partial charge in [0.2, 0.25) is 10.0 Å². The Kier molecular flexibility index (Phi) is 7.45. The van der Waals surface area contributed by atoms with Gasteiger partial charge in [0.1, 0.15) is 11.9 Å². The van der Waals surface area contributed by atoms with E-state index in [9.17, 15) is 18.0 Å². The molecule has 162 valence electrons. The van der Waals surface area contributed by atoms with Gasteiger partial charge in [-0.3, -0.25) is 0 Å². The van der Waals surface area contributed by atoms with Gasteiger partial charge in [-0.2, -0.15) is 4.31 Å². The molecule has 1 amide bonds. The van der Waals surface area contributed by atoms with Crippen molar-refractivity contribution >= 4 is 22.4 Å². The Morgan fingerprint density at radius 3 is 2.38 bits per heavy atom. The van der Waals surface area contributed by atoms with E-state index in [1.165, 1.54) is 9.21 Å². The molecule has 2 rings (SSSR count). The molecule has 29 heavy (non-hydrogen) atoms. The summed E-state index contributed by atoms with van der Waals surface area (Å²) in [6, 6.07) is 8.29. The number of rotatable bonds is 7. The third-order valence-corrected chi connectivity index (χ3v) is 6.55. The minimum absolute atomic E-state index is 0.117. The Labute approximate surface area is 174 Å². The lowest BCUT2D eigenvalue weighted by Crippen LogP contribution is -2.40. The minimum atomic E-state index is -3.70. The number of hydrogen-bond acceptors (Lipinski definition) is 5. The number of sulfonamides is 1. The number of benzene rings is 1. The summed E-state index contributed by atoms with van der Waals surface area (Å²) >= 11 is 0. The smallest absolute Gasteiger partial charge is 0.410 e. The quantitative estimate of drug-likeness (QED) is 0.628. The molecule has 1 aromatic rings. The summed E-state index contributed by atoms with van der Waals surface area (Å²) < 4.78 is 33.2. The summed E-state index contributed by atoms with van der Waals surface area (Å²) in [7, 11) is -3.70. The summed E-state index contributed by atoms with van der Waals surface area (Å²) in [5.74, 6) is -0.591. The van der Waals surface area contributed by atoms with E-state index in [0.717, 1.165) is 6.29 Å². The van der Waals surface area contributed by atoms with Gasteiger partial charge in [-0.15, -0.1) is 0 Å². The van der Waals surface area contributed by atoms with E-state index >= 15 is 0 Å². The molecule has 0 aromatic heterocycles. The molecule has 1 aliphatic rings. The van der Waals surface area contributed by atoms with Crippen molar-refractivity contribution in [3.8, 4) is 0 Å². The van der Waals surface area contributed by atoms with Gasteiger partial charge in [-0.1, -0.05) is 32.0 Å². The van der Waals surface area contributed by atoms with Gasteiger partial charge in [0.05, 0.1) is 4.90 Å². The highest BCUT2D eigenvalue weighted by Gasteiger charge is 2.39. The molecule has 0 aliphatic carbocycles. The molecule has 0 unspecified atom stereocenters. The van der Waals surface area contributed by atoms with Crippen LogP contribution in [0.5, 0.6) is 0 Å². The van der Waals surface area contributed by atoms with Crippen LogP contribution in [0.1, 0.15) is 34.6 Å². The number of hydrogen-bond donors (Lipinski definition) is 0. The van der Waals surface area contributed by atoms with E-state index < -0.39 is 27.6 Å². The molecule has 0 radical (unpaired) electrons. The third kappa shape index (κ3) is 6.27. The molecule has 0 N–H and O–H groups in total. The standard InChI is InChI=1S/C21H32N2O5S/c1-16(2)11-23(29(26,27)19-9-7-6-8-10-19)14-17-12-22(13-18(17)15-24)20(25)28-21(3,4)5/h6-10,15-18H,11-14H2,1-5H3/t17-,18-/m0/s1. The summed E-state index contributed by atoms with van der Waals surface area (Å²) in [4.78, 5) is 25.8. The monoisotopic (exact) mass is 424 g/mol. The van der Waals surface area contributed by atoms with Gasteiger partial charge >= 0.3 is 6.09 Å². The Morgan fingerprint density at radius 2 is 1.86 bits per heavy atom. The SMILES string of the molecule is CC(C)CN(C[C@@H]1CN(C(=O)OC(C)(C)C)C[C@H]1C=O)S(=O)(=O)c1ccccc1. The van der Waals surface area contributed by atoms with Crippen molar-refractivity contribution in [3.05, 3.63) is 30.3 Å². The fourth-order valence-corrected chi connectivity index (χ4v) is 5.08. The van der Waals surface area contributed by atoms with Crippen molar-refractivity contribution in [3.63, 3.8) is 0 Å². The molecular weight excluding hydrogens is 392 g/mol. The fourth-order valence-electron chi connectivity index (χ4n) is 3.40. The first-order chi connectivity index (χ1) is 13.4. The number of carbonyl (C=O) groups excluding carboxylic acids is 2. The summed E-state index contributed by atoms with van der Waals surface area (Å²) in [5.41, 5.74) is -0.633. The van der Waals surface area contributed by atoms with E-state index in [1.807, 2.05) is 13.8 Å². The predicted octanol–water partition coefficient (Wildman–Crippen LogP) is 3.02. The maximum absolute atomic E-state index is 13.2. The van der Waals surface area contributed by atoms with E-state index in [-0.39, 0.29) is 36.4 Å². The first kappa shape index (κ1) is 23.3. The van der Waals surface area contributed by atoms with Gasteiger partial charge in [0, 0.05) is 38.0 Å². The second kappa shape index (κ2) is 9.26. The average molecular weight is 425 g/mol. The highest BCUT2D eigenvalue weighted by Crippen LogP contribution is 2.27. The lowest BCUT2D eigenvalue weighted by Gasteiger charge is -2.28. The fraction of sp³-hybridized carbons (Fsp3) is 0.619. The van der Waals surface area contributed by atoms with Crippen molar-refractivity contribution in [2.75, 3.05) is 26.2 Å². The molecular formula is C21H32N2O5S. The number of ether oxygens (including phenoxy) is 1. The normalized spacial score (nSPS) is 20.3. The van der Waals surface area contributed by atoms with Crippen LogP contribution in [0.2, 0.25) is 0 Å². The van der Waals surface area contributed by atoms with Crippen LogP contribution in [0, 0.1) is 17.8 Å². The first-order valence-corrected chi connectivity index (χ1v) is 11.4. The van der Waals surface area contributed by atoms with E-state index in [2.05, 4.69) is 0 Å². The number of aldehydes is 1. The zero-order valence-electron chi connectivity index (χ0n) is 17.9. The van der Waals surface area contributed by atoms with Crippen LogP contribution in [-0.2, 0) is 19.6 Å². The molecule has 0 bridgehead atoms. The lowest BCUT2D eigenvalue weighted by molar-refractivity contribution is -0.111. The zero-order valence-corrected chi connectivity index (χ0v) is 18.7.